The number of aliphatic hydroxyl groups excluding tert-OH is 1. The van der Waals surface area contributed by atoms with Crippen molar-refractivity contribution < 1.29 is 14.6 Å². The maximum Gasteiger partial charge on any atom is 0.165 e. The average Bonchev–Trinajstić information content (AvgIpc) is 1.94. The summed E-state index contributed by atoms with van der Waals surface area (Å²) in [5, 5.41) is 17.8. The highest BCUT2D eigenvalue weighted by Crippen LogP contribution is 2.24. The van der Waals surface area contributed by atoms with Crippen molar-refractivity contribution in [2.75, 3.05) is 0 Å². The number of phenols is 1. The molecular weight excluding hydrogens is 147 g/mol. The Labute approximate surface area is 63.2 Å². The summed E-state index contributed by atoms with van der Waals surface area (Å²) < 4.78 is 12.5. The molecule has 0 atom stereocenters. The van der Waals surface area contributed by atoms with Crippen LogP contribution in [0.3, 0.4) is 0 Å². The third kappa shape index (κ3) is 1.32. The van der Waals surface area contributed by atoms with E-state index in [9.17, 15) is 4.39 Å². The molecule has 0 saturated carbocycles. The van der Waals surface area contributed by atoms with E-state index in [0.29, 0.717) is 0 Å². The van der Waals surface area contributed by atoms with Gasteiger partial charge in [-0.05, 0) is 12.1 Å². The van der Waals surface area contributed by atoms with Crippen LogP contribution in [0, 0.1) is 5.82 Å². The number of hydrogen-bond acceptors (Lipinski definition) is 2. The summed E-state index contributed by atoms with van der Waals surface area (Å²) in [6.07, 6.45) is 0. The average molecular weight is 154 g/mol. The zero-order chi connectivity index (χ0) is 8.43. The van der Waals surface area contributed by atoms with Gasteiger partial charge in [-0.15, -0.1) is 0 Å². The molecule has 0 unspecified atom stereocenters. The topological polar surface area (TPSA) is 40.5 Å². The zero-order valence-electron chi connectivity index (χ0n) is 5.71. The number of rotatable bonds is 1. The van der Waals surface area contributed by atoms with E-state index in [4.69, 9.17) is 10.2 Å². The fourth-order valence-electron chi connectivity index (χ4n) is 0.748. The minimum absolute atomic E-state index is 0.0185. The molecule has 0 heterocycles. The lowest BCUT2D eigenvalue weighted by molar-refractivity contribution is 0.423. The monoisotopic (exact) mass is 154 g/mol. The van der Waals surface area contributed by atoms with E-state index >= 15 is 0 Å². The molecule has 0 aliphatic heterocycles. The highest BCUT2D eigenvalue weighted by Gasteiger charge is 2.07. The molecule has 0 aliphatic rings. The van der Waals surface area contributed by atoms with Crippen LogP contribution >= 0.6 is 0 Å². The molecule has 0 fully saturated rings. The maximum atomic E-state index is 12.5. The van der Waals surface area contributed by atoms with Gasteiger partial charge in [0, 0.05) is 0 Å². The number of aliphatic hydroxyl groups is 1. The van der Waals surface area contributed by atoms with Crippen molar-refractivity contribution in [3.05, 3.63) is 36.2 Å². The predicted octanol–water partition coefficient (Wildman–Crippen LogP) is 2.06. The predicted molar refractivity (Wildman–Crippen MR) is 39.7 cm³/mol. The van der Waals surface area contributed by atoms with E-state index in [1.54, 1.807) is 0 Å². The third-order valence-electron chi connectivity index (χ3n) is 1.30. The van der Waals surface area contributed by atoms with Crippen LogP contribution in [-0.2, 0) is 0 Å². The zero-order valence-corrected chi connectivity index (χ0v) is 5.71. The first-order valence-electron chi connectivity index (χ1n) is 2.98. The lowest BCUT2D eigenvalue weighted by atomic mass is 10.2. The second-order valence-corrected chi connectivity index (χ2v) is 2.08. The van der Waals surface area contributed by atoms with Crippen LogP contribution in [-0.4, -0.2) is 10.2 Å². The van der Waals surface area contributed by atoms with Crippen LogP contribution in [0.4, 0.5) is 4.39 Å². The van der Waals surface area contributed by atoms with Crippen LogP contribution in [0.25, 0.3) is 5.76 Å². The molecule has 2 nitrogen and oxygen atoms in total. The molecule has 0 amide bonds. The largest absolute Gasteiger partial charge is 0.508 e. The fourth-order valence-corrected chi connectivity index (χ4v) is 0.748. The lowest BCUT2D eigenvalue weighted by Crippen LogP contribution is -1.84. The van der Waals surface area contributed by atoms with E-state index in [2.05, 4.69) is 6.58 Å². The molecule has 58 valence electrons. The van der Waals surface area contributed by atoms with Crippen LogP contribution in [0.5, 0.6) is 5.75 Å². The van der Waals surface area contributed by atoms with Crippen molar-refractivity contribution in [2.45, 2.75) is 0 Å². The summed E-state index contributed by atoms with van der Waals surface area (Å²) in [7, 11) is 0. The third-order valence-corrected chi connectivity index (χ3v) is 1.30. The molecule has 1 rings (SSSR count). The molecule has 0 bridgehead atoms. The van der Waals surface area contributed by atoms with Gasteiger partial charge >= 0.3 is 0 Å². The molecule has 2 N–H and O–H groups in total. The normalized spacial score (nSPS) is 9.55. The molecule has 3 heteroatoms. The highest BCUT2D eigenvalue weighted by atomic mass is 19.1. The van der Waals surface area contributed by atoms with E-state index < -0.39 is 11.6 Å². The Hall–Kier alpha value is -1.51. The first-order valence-corrected chi connectivity index (χ1v) is 2.98. The van der Waals surface area contributed by atoms with Crippen LogP contribution < -0.4 is 0 Å². The van der Waals surface area contributed by atoms with Gasteiger partial charge in [0.1, 0.15) is 5.76 Å². The van der Waals surface area contributed by atoms with Crippen LogP contribution in [0.15, 0.2) is 24.8 Å². The van der Waals surface area contributed by atoms with Gasteiger partial charge in [0.05, 0.1) is 5.56 Å². The van der Waals surface area contributed by atoms with E-state index in [-0.39, 0.29) is 11.3 Å². The Morgan fingerprint density at radius 2 is 2.09 bits per heavy atom. The van der Waals surface area contributed by atoms with Gasteiger partial charge < -0.3 is 10.2 Å². The van der Waals surface area contributed by atoms with E-state index in [1.165, 1.54) is 12.1 Å². The van der Waals surface area contributed by atoms with Gasteiger partial charge in [-0.2, -0.15) is 0 Å². The van der Waals surface area contributed by atoms with Crippen molar-refractivity contribution >= 4 is 5.76 Å². The minimum Gasteiger partial charge on any atom is -0.508 e. The first-order chi connectivity index (χ1) is 5.13. The van der Waals surface area contributed by atoms with Crippen molar-refractivity contribution in [3.8, 4) is 5.75 Å². The maximum absolute atomic E-state index is 12.5. The van der Waals surface area contributed by atoms with Crippen LogP contribution in [0.1, 0.15) is 5.56 Å². The molecule has 0 spiro atoms. The smallest absolute Gasteiger partial charge is 0.165 e. The number of benzene rings is 1. The standard InChI is InChI=1S/C8H7FO2/c1-5(10)6-3-2-4-7(9)8(6)11/h2-4,10-11H,1H2. The summed E-state index contributed by atoms with van der Waals surface area (Å²) in [5.41, 5.74) is 0.0185. The Bertz CT molecular complexity index is 294. The number of halogens is 1. The SMILES string of the molecule is C=C(O)c1cccc(F)c1O. The number of aromatic hydroxyl groups is 1. The molecule has 1 aromatic rings. The van der Waals surface area contributed by atoms with Gasteiger partial charge in [0.15, 0.2) is 11.6 Å². The summed E-state index contributed by atoms with van der Waals surface area (Å²) in [4.78, 5) is 0. The van der Waals surface area contributed by atoms with Crippen LogP contribution in [0.2, 0.25) is 0 Å². The Morgan fingerprint density at radius 3 is 2.55 bits per heavy atom. The van der Waals surface area contributed by atoms with Crippen molar-refractivity contribution in [1.29, 1.82) is 0 Å². The number of phenolic OH excluding ortho intramolecular Hbond substituents is 1. The molecule has 0 aliphatic carbocycles. The summed E-state index contributed by atoms with van der Waals surface area (Å²) in [6.45, 7) is 3.16. The van der Waals surface area contributed by atoms with Crippen molar-refractivity contribution in [2.24, 2.45) is 0 Å². The molecule has 11 heavy (non-hydrogen) atoms. The summed E-state index contributed by atoms with van der Waals surface area (Å²) >= 11 is 0. The molecule has 0 aromatic heterocycles. The van der Waals surface area contributed by atoms with Gasteiger partial charge in [0.2, 0.25) is 0 Å². The van der Waals surface area contributed by atoms with E-state index in [1.807, 2.05) is 0 Å². The quantitative estimate of drug-likeness (QED) is 0.608. The summed E-state index contributed by atoms with van der Waals surface area (Å²) in [6, 6.07) is 3.86. The molecule has 0 saturated heterocycles. The number of hydrogen-bond donors (Lipinski definition) is 2. The fraction of sp³-hybridized carbons (Fsp3) is 0. The van der Waals surface area contributed by atoms with Gasteiger partial charge in [-0.3, -0.25) is 0 Å². The first kappa shape index (κ1) is 7.60. The molecule has 1 aromatic carbocycles. The molecule has 0 radical (unpaired) electrons. The summed E-state index contributed by atoms with van der Waals surface area (Å²) in [5.74, 6) is -1.68. The minimum atomic E-state index is -0.766. The lowest BCUT2D eigenvalue weighted by Gasteiger charge is -2.01. The van der Waals surface area contributed by atoms with Crippen molar-refractivity contribution in [3.63, 3.8) is 0 Å². The van der Waals surface area contributed by atoms with Gasteiger partial charge in [0.25, 0.3) is 0 Å². The number of para-hydroxylation sites is 1. The van der Waals surface area contributed by atoms with E-state index in [0.717, 1.165) is 6.07 Å². The second-order valence-electron chi connectivity index (χ2n) is 2.08. The van der Waals surface area contributed by atoms with Gasteiger partial charge in [-0.25, -0.2) is 4.39 Å². The Morgan fingerprint density at radius 1 is 1.45 bits per heavy atom. The second kappa shape index (κ2) is 2.62. The van der Waals surface area contributed by atoms with Gasteiger partial charge in [-0.1, -0.05) is 12.6 Å². The Balaban J connectivity index is 3.27. The molecular formula is C8H7FO2. The highest BCUT2D eigenvalue weighted by molar-refractivity contribution is 5.62. The van der Waals surface area contributed by atoms with Crippen molar-refractivity contribution in [1.82, 2.24) is 0 Å². The Kier molecular flexibility index (Phi) is 1.81.